The summed E-state index contributed by atoms with van der Waals surface area (Å²) in [5.41, 5.74) is 1.24. The van der Waals surface area contributed by atoms with Crippen molar-refractivity contribution in [2.45, 2.75) is 45.3 Å². The second kappa shape index (κ2) is 5.70. The lowest BCUT2D eigenvalue weighted by atomic mass is 9.84. The highest BCUT2D eigenvalue weighted by molar-refractivity contribution is 5.54. The van der Waals surface area contributed by atoms with Crippen LogP contribution in [0.4, 0.5) is 10.1 Å². The van der Waals surface area contributed by atoms with E-state index in [1.807, 2.05) is 13.1 Å². The summed E-state index contributed by atoms with van der Waals surface area (Å²) in [5, 5.41) is 9.35. The third kappa shape index (κ3) is 2.51. The zero-order valence-corrected chi connectivity index (χ0v) is 11.2. The third-order valence-corrected chi connectivity index (χ3v) is 4.20. The molecule has 1 N–H and O–H groups in total. The van der Waals surface area contributed by atoms with E-state index in [0.29, 0.717) is 17.5 Å². The number of halogens is 1. The lowest BCUT2D eigenvalue weighted by molar-refractivity contribution is 0.274. The van der Waals surface area contributed by atoms with Gasteiger partial charge in [0.05, 0.1) is 6.61 Å². The number of aliphatic hydroxyl groups excluding tert-OH is 1. The Morgan fingerprint density at radius 3 is 2.72 bits per heavy atom. The van der Waals surface area contributed by atoms with Crippen molar-refractivity contribution in [3.05, 3.63) is 29.6 Å². The lowest BCUT2D eigenvalue weighted by Gasteiger charge is -2.38. The van der Waals surface area contributed by atoms with Crippen LogP contribution in [0.3, 0.4) is 0 Å². The van der Waals surface area contributed by atoms with Crippen molar-refractivity contribution >= 4 is 5.69 Å². The molecule has 3 heteroatoms. The second-order valence-corrected chi connectivity index (χ2v) is 5.34. The maximum Gasteiger partial charge on any atom is 0.130 e. The summed E-state index contributed by atoms with van der Waals surface area (Å²) in [7, 11) is 2.01. The third-order valence-electron chi connectivity index (χ3n) is 4.20. The fraction of sp³-hybridized carbons (Fsp3) is 0.600. The molecule has 1 aromatic rings. The first-order valence-corrected chi connectivity index (χ1v) is 6.76. The second-order valence-electron chi connectivity index (χ2n) is 5.34. The Balaban J connectivity index is 2.27. The van der Waals surface area contributed by atoms with Gasteiger partial charge in [-0.05, 0) is 30.9 Å². The molecular weight excluding hydrogens is 229 g/mol. The molecule has 2 rings (SSSR count). The van der Waals surface area contributed by atoms with Gasteiger partial charge in [0.25, 0.3) is 0 Å². The van der Waals surface area contributed by atoms with Gasteiger partial charge in [-0.15, -0.1) is 0 Å². The predicted octanol–water partition coefficient (Wildman–Crippen LogP) is 3.33. The van der Waals surface area contributed by atoms with E-state index in [1.54, 1.807) is 6.07 Å². The molecule has 0 saturated heterocycles. The van der Waals surface area contributed by atoms with Gasteiger partial charge >= 0.3 is 0 Å². The van der Waals surface area contributed by atoms with Crippen molar-refractivity contribution in [1.82, 2.24) is 0 Å². The highest BCUT2D eigenvalue weighted by atomic mass is 19.1. The van der Waals surface area contributed by atoms with E-state index < -0.39 is 0 Å². The fourth-order valence-electron chi connectivity index (χ4n) is 3.08. The van der Waals surface area contributed by atoms with Crippen LogP contribution in [-0.4, -0.2) is 18.2 Å². The van der Waals surface area contributed by atoms with E-state index in [0.717, 1.165) is 12.1 Å². The number of benzene rings is 1. The van der Waals surface area contributed by atoms with Gasteiger partial charge in [-0.25, -0.2) is 4.39 Å². The first kappa shape index (κ1) is 13.3. The Labute approximate surface area is 108 Å². The monoisotopic (exact) mass is 251 g/mol. The van der Waals surface area contributed by atoms with Crippen LogP contribution in [0.25, 0.3) is 0 Å². The van der Waals surface area contributed by atoms with Gasteiger partial charge in [0.15, 0.2) is 0 Å². The normalized spacial score (nSPS) is 24.0. The molecule has 0 heterocycles. The van der Waals surface area contributed by atoms with Gasteiger partial charge in [-0.2, -0.15) is 0 Å². The number of anilines is 1. The Morgan fingerprint density at radius 2 is 2.06 bits per heavy atom. The van der Waals surface area contributed by atoms with Crippen molar-refractivity contribution < 1.29 is 9.50 Å². The number of rotatable bonds is 3. The van der Waals surface area contributed by atoms with E-state index in [4.69, 9.17) is 0 Å². The molecule has 1 fully saturated rings. The summed E-state index contributed by atoms with van der Waals surface area (Å²) in [6.07, 6.45) is 4.92. The number of hydrogen-bond donors (Lipinski definition) is 1. The van der Waals surface area contributed by atoms with Crippen molar-refractivity contribution in [1.29, 1.82) is 0 Å². The van der Waals surface area contributed by atoms with E-state index >= 15 is 0 Å². The number of aliphatic hydroxyl groups is 1. The molecule has 0 bridgehead atoms. The summed E-state index contributed by atoms with van der Waals surface area (Å²) in [6.45, 7) is 2.02. The molecule has 2 atom stereocenters. The highest BCUT2D eigenvalue weighted by Gasteiger charge is 2.26. The van der Waals surface area contributed by atoms with Crippen LogP contribution in [0, 0.1) is 11.7 Å². The summed E-state index contributed by atoms with van der Waals surface area (Å²) in [6, 6.07) is 5.47. The lowest BCUT2D eigenvalue weighted by Crippen LogP contribution is -2.39. The Morgan fingerprint density at radius 1 is 1.33 bits per heavy atom. The molecule has 0 spiro atoms. The van der Waals surface area contributed by atoms with Crippen molar-refractivity contribution in [3.8, 4) is 0 Å². The molecular formula is C15H22FNO. The van der Waals surface area contributed by atoms with E-state index in [9.17, 15) is 9.50 Å². The summed E-state index contributed by atoms with van der Waals surface area (Å²) in [5.74, 6) is 0.309. The van der Waals surface area contributed by atoms with E-state index in [1.165, 1.54) is 25.3 Å². The van der Waals surface area contributed by atoms with Gasteiger partial charge in [0.1, 0.15) is 5.82 Å². The van der Waals surface area contributed by atoms with Crippen LogP contribution in [0.1, 0.15) is 38.2 Å². The zero-order chi connectivity index (χ0) is 13.1. The van der Waals surface area contributed by atoms with Crippen molar-refractivity contribution in [2.75, 3.05) is 11.9 Å². The fourth-order valence-corrected chi connectivity index (χ4v) is 3.08. The average Bonchev–Trinajstić information content (AvgIpc) is 2.38. The van der Waals surface area contributed by atoms with Gasteiger partial charge in [-0.1, -0.05) is 25.8 Å². The predicted molar refractivity (Wildman–Crippen MR) is 72.1 cm³/mol. The summed E-state index contributed by atoms with van der Waals surface area (Å²) in [4.78, 5) is 2.15. The summed E-state index contributed by atoms with van der Waals surface area (Å²) < 4.78 is 13.7. The van der Waals surface area contributed by atoms with Crippen LogP contribution < -0.4 is 4.90 Å². The minimum Gasteiger partial charge on any atom is -0.391 e. The minimum atomic E-state index is -0.315. The van der Waals surface area contributed by atoms with E-state index in [-0.39, 0.29) is 12.4 Å². The maximum atomic E-state index is 13.7. The molecule has 1 saturated carbocycles. The topological polar surface area (TPSA) is 23.5 Å². The summed E-state index contributed by atoms with van der Waals surface area (Å²) >= 11 is 0. The molecule has 1 aromatic carbocycles. The molecule has 1 aliphatic rings. The Kier molecular flexibility index (Phi) is 4.23. The number of hydrogen-bond acceptors (Lipinski definition) is 2. The van der Waals surface area contributed by atoms with Crippen LogP contribution in [0.2, 0.25) is 0 Å². The highest BCUT2D eigenvalue weighted by Crippen LogP contribution is 2.32. The Bertz CT molecular complexity index is 407. The molecule has 2 nitrogen and oxygen atoms in total. The minimum absolute atomic E-state index is 0.243. The van der Waals surface area contributed by atoms with Gasteiger partial charge in [-0.3, -0.25) is 0 Å². The van der Waals surface area contributed by atoms with Gasteiger partial charge < -0.3 is 10.0 Å². The van der Waals surface area contributed by atoms with Crippen LogP contribution in [-0.2, 0) is 6.61 Å². The van der Waals surface area contributed by atoms with Crippen LogP contribution in [0.15, 0.2) is 18.2 Å². The SMILES string of the molecule is CC1CCCCC1N(C)c1cccc(F)c1CO. The average molecular weight is 251 g/mol. The first-order chi connectivity index (χ1) is 8.65. The van der Waals surface area contributed by atoms with Crippen molar-refractivity contribution in [2.24, 2.45) is 5.92 Å². The van der Waals surface area contributed by atoms with Gasteiger partial charge in [0, 0.05) is 24.3 Å². The van der Waals surface area contributed by atoms with Crippen molar-refractivity contribution in [3.63, 3.8) is 0 Å². The number of nitrogens with zero attached hydrogens (tertiary/aromatic N) is 1. The standard InChI is InChI=1S/C15H22FNO/c1-11-6-3-4-8-14(11)17(2)15-9-5-7-13(16)12(15)10-18/h5,7,9,11,14,18H,3-4,6,8,10H2,1-2H3. The zero-order valence-electron chi connectivity index (χ0n) is 11.2. The largest absolute Gasteiger partial charge is 0.391 e. The molecule has 0 aliphatic heterocycles. The smallest absolute Gasteiger partial charge is 0.130 e. The maximum absolute atomic E-state index is 13.7. The molecule has 0 aromatic heterocycles. The molecule has 100 valence electrons. The molecule has 0 amide bonds. The molecule has 0 radical (unpaired) electrons. The van der Waals surface area contributed by atoms with Crippen LogP contribution >= 0.6 is 0 Å². The molecule has 2 unspecified atom stereocenters. The molecule has 18 heavy (non-hydrogen) atoms. The van der Waals surface area contributed by atoms with Gasteiger partial charge in [0.2, 0.25) is 0 Å². The van der Waals surface area contributed by atoms with E-state index in [2.05, 4.69) is 11.8 Å². The molecule has 1 aliphatic carbocycles. The Hall–Kier alpha value is -1.09. The quantitative estimate of drug-likeness (QED) is 0.890. The first-order valence-electron chi connectivity index (χ1n) is 6.76. The van der Waals surface area contributed by atoms with Crippen LogP contribution in [0.5, 0.6) is 0 Å².